The van der Waals surface area contributed by atoms with Gasteiger partial charge in [0.15, 0.2) is 0 Å². The normalized spacial score (nSPS) is 30.0. The lowest BCUT2D eigenvalue weighted by Crippen LogP contribution is -2.33. The molecule has 2 heteroatoms. The number of H-pyrrole nitrogens is 1. The van der Waals surface area contributed by atoms with Crippen LogP contribution in [0.25, 0.3) is 23.1 Å². The SMILES string of the molecule is CC1C=Cc2ccc3[nH]c4c(c3c2C1)C=C(Br)C1C=CC=CC41C. The van der Waals surface area contributed by atoms with Gasteiger partial charge in [0.25, 0.3) is 0 Å². The van der Waals surface area contributed by atoms with E-state index in [0.717, 1.165) is 6.42 Å². The topological polar surface area (TPSA) is 15.8 Å². The van der Waals surface area contributed by atoms with Gasteiger partial charge in [-0.1, -0.05) is 65.4 Å². The van der Waals surface area contributed by atoms with Crippen LogP contribution in [0.5, 0.6) is 0 Å². The standard InChI is InChI=1S/C22H20BrN/c1-13-6-7-14-8-9-19-20(15(14)11-13)16-12-18(23)17-5-3-4-10-22(17,2)21(16)24-19/h3-10,12-13,17,24H,11H2,1-2H3. The Bertz CT molecular complexity index is 985. The van der Waals surface area contributed by atoms with Crippen LogP contribution in [0.15, 0.2) is 47.0 Å². The smallest absolute Gasteiger partial charge is 0.0465 e. The Labute approximate surface area is 151 Å². The first kappa shape index (κ1) is 14.5. The average Bonchev–Trinajstić information content (AvgIpc) is 2.95. The number of aromatic nitrogens is 1. The van der Waals surface area contributed by atoms with Crippen molar-refractivity contribution in [1.82, 2.24) is 4.98 Å². The van der Waals surface area contributed by atoms with Gasteiger partial charge in [0.2, 0.25) is 0 Å². The van der Waals surface area contributed by atoms with E-state index in [2.05, 4.69) is 89.4 Å². The fraction of sp³-hybridized carbons (Fsp3) is 0.273. The van der Waals surface area contributed by atoms with Crippen LogP contribution in [0.3, 0.4) is 0 Å². The Morgan fingerprint density at radius 1 is 1.21 bits per heavy atom. The number of rotatable bonds is 0. The number of benzene rings is 1. The summed E-state index contributed by atoms with van der Waals surface area (Å²) in [4.78, 5) is 3.77. The molecule has 0 radical (unpaired) electrons. The molecule has 0 saturated heterocycles. The highest BCUT2D eigenvalue weighted by Crippen LogP contribution is 2.50. The fourth-order valence-electron chi connectivity index (χ4n) is 4.59. The molecule has 0 aliphatic heterocycles. The van der Waals surface area contributed by atoms with Gasteiger partial charge >= 0.3 is 0 Å². The molecular weight excluding hydrogens is 358 g/mol. The Balaban J connectivity index is 1.86. The molecule has 1 N–H and O–H groups in total. The monoisotopic (exact) mass is 377 g/mol. The molecule has 3 aliphatic rings. The minimum Gasteiger partial charge on any atom is -0.357 e. The highest BCUT2D eigenvalue weighted by atomic mass is 79.9. The molecule has 120 valence electrons. The summed E-state index contributed by atoms with van der Waals surface area (Å²) >= 11 is 3.86. The predicted octanol–water partition coefficient (Wildman–Crippen LogP) is 6.12. The Morgan fingerprint density at radius 3 is 2.96 bits per heavy atom. The van der Waals surface area contributed by atoms with E-state index in [1.807, 2.05) is 0 Å². The van der Waals surface area contributed by atoms with Crippen LogP contribution < -0.4 is 0 Å². The van der Waals surface area contributed by atoms with Gasteiger partial charge in [0.1, 0.15) is 0 Å². The first-order valence-corrected chi connectivity index (χ1v) is 9.46. The summed E-state index contributed by atoms with van der Waals surface area (Å²) in [5, 5.41) is 1.42. The third-order valence-electron chi connectivity index (χ3n) is 5.90. The minimum absolute atomic E-state index is 0.0142. The van der Waals surface area contributed by atoms with Gasteiger partial charge in [0.05, 0.1) is 0 Å². The number of nitrogens with one attached hydrogen (secondary N) is 1. The zero-order chi connectivity index (χ0) is 16.5. The number of hydrogen-bond acceptors (Lipinski definition) is 0. The molecule has 3 aliphatic carbocycles. The van der Waals surface area contributed by atoms with Gasteiger partial charge in [-0.2, -0.15) is 0 Å². The van der Waals surface area contributed by atoms with Crippen molar-refractivity contribution in [2.24, 2.45) is 11.8 Å². The van der Waals surface area contributed by atoms with Crippen LogP contribution in [-0.2, 0) is 11.8 Å². The second-order valence-corrected chi connectivity index (χ2v) is 8.46. The average molecular weight is 378 g/mol. The Kier molecular flexibility index (Phi) is 2.94. The minimum atomic E-state index is -0.0142. The van der Waals surface area contributed by atoms with Crippen LogP contribution in [0, 0.1) is 11.8 Å². The Hall–Kier alpha value is -1.80. The molecule has 1 aromatic carbocycles. The van der Waals surface area contributed by atoms with Crippen LogP contribution in [0.1, 0.15) is 36.2 Å². The molecule has 1 nitrogen and oxygen atoms in total. The highest BCUT2D eigenvalue weighted by Gasteiger charge is 2.41. The summed E-state index contributed by atoms with van der Waals surface area (Å²) < 4.78 is 1.27. The third kappa shape index (κ3) is 1.81. The maximum Gasteiger partial charge on any atom is 0.0465 e. The summed E-state index contributed by atoms with van der Waals surface area (Å²) in [6, 6.07) is 4.51. The van der Waals surface area contributed by atoms with Crippen LogP contribution >= 0.6 is 15.9 Å². The molecule has 0 fully saturated rings. The van der Waals surface area contributed by atoms with Crippen LogP contribution in [0.2, 0.25) is 0 Å². The maximum absolute atomic E-state index is 3.86. The molecule has 0 spiro atoms. The molecule has 1 aromatic heterocycles. The molecule has 1 heterocycles. The summed E-state index contributed by atoms with van der Waals surface area (Å²) in [5.41, 5.74) is 6.84. The third-order valence-corrected chi connectivity index (χ3v) is 6.62. The van der Waals surface area contributed by atoms with Gasteiger partial charge < -0.3 is 4.98 Å². The van der Waals surface area contributed by atoms with E-state index in [0.29, 0.717) is 11.8 Å². The lowest BCUT2D eigenvalue weighted by atomic mass is 9.68. The fourth-order valence-corrected chi connectivity index (χ4v) is 5.44. The van der Waals surface area contributed by atoms with Crippen molar-refractivity contribution in [2.75, 3.05) is 0 Å². The van der Waals surface area contributed by atoms with E-state index in [4.69, 9.17) is 0 Å². The first-order chi connectivity index (χ1) is 11.6. The zero-order valence-electron chi connectivity index (χ0n) is 13.9. The van der Waals surface area contributed by atoms with Crippen molar-refractivity contribution in [3.8, 4) is 0 Å². The van der Waals surface area contributed by atoms with Crippen LogP contribution in [-0.4, -0.2) is 4.98 Å². The van der Waals surface area contributed by atoms with Gasteiger partial charge in [0, 0.05) is 38.0 Å². The zero-order valence-corrected chi connectivity index (χ0v) is 15.5. The van der Waals surface area contributed by atoms with Gasteiger partial charge in [-0.3, -0.25) is 0 Å². The molecule has 3 unspecified atom stereocenters. The van der Waals surface area contributed by atoms with Crippen molar-refractivity contribution < 1.29 is 0 Å². The molecule has 5 rings (SSSR count). The summed E-state index contributed by atoms with van der Waals surface area (Å²) in [5.74, 6) is 0.975. The van der Waals surface area contributed by atoms with E-state index in [1.54, 1.807) is 0 Å². The number of halogens is 1. The first-order valence-electron chi connectivity index (χ1n) is 8.67. The maximum atomic E-state index is 3.86. The number of aromatic amines is 1. The highest BCUT2D eigenvalue weighted by molar-refractivity contribution is 9.11. The summed E-state index contributed by atoms with van der Waals surface area (Å²) in [6.07, 6.45) is 17.1. The Morgan fingerprint density at radius 2 is 2.08 bits per heavy atom. The second-order valence-electron chi connectivity index (χ2n) is 7.54. The van der Waals surface area contributed by atoms with Crippen molar-refractivity contribution in [2.45, 2.75) is 25.7 Å². The van der Waals surface area contributed by atoms with Crippen molar-refractivity contribution >= 4 is 39.0 Å². The van der Waals surface area contributed by atoms with Crippen molar-refractivity contribution in [1.29, 1.82) is 0 Å². The lowest BCUT2D eigenvalue weighted by Gasteiger charge is -2.38. The summed E-state index contributed by atoms with van der Waals surface area (Å²) in [6.45, 7) is 4.64. The number of allylic oxidation sites excluding steroid dienone is 6. The van der Waals surface area contributed by atoms with Crippen molar-refractivity contribution in [3.05, 3.63) is 69.4 Å². The van der Waals surface area contributed by atoms with Gasteiger partial charge in [-0.05, 0) is 42.5 Å². The second kappa shape index (κ2) is 4.86. The van der Waals surface area contributed by atoms with Gasteiger partial charge in [-0.15, -0.1) is 0 Å². The van der Waals surface area contributed by atoms with Crippen molar-refractivity contribution in [3.63, 3.8) is 0 Å². The number of hydrogen-bond donors (Lipinski definition) is 1. The molecule has 0 bridgehead atoms. The van der Waals surface area contributed by atoms with E-state index in [9.17, 15) is 0 Å². The molecule has 0 amide bonds. The van der Waals surface area contributed by atoms with E-state index in [1.165, 1.54) is 37.8 Å². The predicted molar refractivity (Wildman–Crippen MR) is 106 cm³/mol. The van der Waals surface area contributed by atoms with Gasteiger partial charge in [-0.25, -0.2) is 0 Å². The van der Waals surface area contributed by atoms with Crippen LogP contribution in [0.4, 0.5) is 0 Å². The lowest BCUT2D eigenvalue weighted by molar-refractivity contribution is 0.478. The quantitative estimate of drug-likeness (QED) is 0.568. The summed E-state index contributed by atoms with van der Waals surface area (Å²) in [7, 11) is 0. The molecule has 2 aromatic rings. The molecule has 24 heavy (non-hydrogen) atoms. The molecule has 3 atom stereocenters. The molecular formula is C22H20BrN. The number of fused-ring (bicyclic) bond motifs is 7. The molecule has 0 saturated carbocycles. The van der Waals surface area contributed by atoms with E-state index >= 15 is 0 Å². The van der Waals surface area contributed by atoms with E-state index in [-0.39, 0.29) is 5.41 Å². The van der Waals surface area contributed by atoms with E-state index < -0.39 is 0 Å². The largest absolute Gasteiger partial charge is 0.357 e.